The second-order valence-corrected chi connectivity index (χ2v) is 6.20. The van der Waals surface area contributed by atoms with Crippen molar-refractivity contribution >= 4 is 45.7 Å². The van der Waals surface area contributed by atoms with Gasteiger partial charge < -0.3 is 15.6 Å². The van der Waals surface area contributed by atoms with Crippen molar-refractivity contribution < 1.29 is 4.79 Å². The standard InChI is InChI=1S/C18H17Cl2N3O/c19-14-5-3-7-16(18(14)20)23-11-17(24)21-9-8-12-10-22-15-6-2-1-4-13(12)15/h1-7,10,22-23H,8-9,11H2,(H,21,24). The molecule has 0 saturated carbocycles. The number of hydrogen-bond acceptors (Lipinski definition) is 2. The first kappa shape index (κ1) is 16.7. The van der Waals surface area contributed by atoms with Crippen molar-refractivity contribution in [2.75, 3.05) is 18.4 Å². The molecule has 0 bridgehead atoms. The molecular formula is C18H17Cl2N3O. The number of aromatic nitrogens is 1. The van der Waals surface area contributed by atoms with Crippen molar-refractivity contribution in [2.24, 2.45) is 0 Å². The zero-order valence-electron chi connectivity index (χ0n) is 12.9. The van der Waals surface area contributed by atoms with Crippen LogP contribution in [0.15, 0.2) is 48.7 Å². The summed E-state index contributed by atoms with van der Waals surface area (Å²) in [6.07, 6.45) is 2.76. The lowest BCUT2D eigenvalue weighted by atomic mass is 10.1. The molecule has 124 valence electrons. The fourth-order valence-electron chi connectivity index (χ4n) is 2.55. The molecule has 0 aliphatic carbocycles. The molecule has 0 aliphatic rings. The SMILES string of the molecule is O=C(CNc1cccc(Cl)c1Cl)NCCc1c[nH]c2ccccc12. The van der Waals surface area contributed by atoms with Crippen molar-refractivity contribution in [1.82, 2.24) is 10.3 Å². The zero-order chi connectivity index (χ0) is 16.9. The third kappa shape index (κ3) is 3.83. The van der Waals surface area contributed by atoms with Gasteiger partial charge in [-0.15, -0.1) is 0 Å². The summed E-state index contributed by atoms with van der Waals surface area (Å²) in [5.41, 5.74) is 2.95. The Morgan fingerprint density at radius 3 is 2.79 bits per heavy atom. The number of carbonyl (C=O) groups is 1. The highest BCUT2D eigenvalue weighted by Gasteiger charge is 2.07. The van der Waals surface area contributed by atoms with Crippen LogP contribution in [0.5, 0.6) is 0 Å². The molecule has 3 rings (SSSR count). The maximum absolute atomic E-state index is 11.9. The highest BCUT2D eigenvalue weighted by molar-refractivity contribution is 6.43. The molecule has 3 N–H and O–H groups in total. The fraction of sp³-hybridized carbons (Fsp3) is 0.167. The molecule has 3 aromatic rings. The van der Waals surface area contributed by atoms with Gasteiger partial charge in [-0.3, -0.25) is 4.79 Å². The summed E-state index contributed by atoms with van der Waals surface area (Å²) in [6, 6.07) is 13.4. The first-order valence-electron chi connectivity index (χ1n) is 7.65. The molecule has 0 spiro atoms. The average Bonchev–Trinajstić information content (AvgIpc) is 3.00. The van der Waals surface area contributed by atoms with Crippen LogP contribution in [-0.4, -0.2) is 24.0 Å². The minimum absolute atomic E-state index is 0.0918. The Morgan fingerprint density at radius 1 is 1.08 bits per heavy atom. The third-order valence-corrected chi connectivity index (χ3v) is 4.60. The van der Waals surface area contributed by atoms with Crippen molar-refractivity contribution in [3.8, 4) is 0 Å². The molecule has 4 nitrogen and oxygen atoms in total. The summed E-state index contributed by atoms with van der Waals surface area (Å²) in [6.45, 7) is 0.722. The van der Waals surface area contributed by atoms with E-state index in [9.17, 15) is 4.79 Å². The Kier molecular flexibility index (Phi) is 5.28. The van der Waals surface area contributed by atoms with Crippen LogP contribution in [0.25, 0.3) is 10.9 Å². The maximum atomic E-state index is 11.9. The smallest absolute Gasteiger partial charge is 0.239 e. The predicted octanol–water partition coefficient (Wildman–Crippen LogP) is 4.25. The highest BCUT2D eigenvalue weighted by atomic mass is 35.5. The van der Waals surface area contributed by atoms with Crippen LogP contribution in [0.1, 0.15) is 5.56 Å². The number of hydrogen-bond donors (Lipinski definition) is 3. The highest BCUT2D eigenvalue weighted by Crippen LogP contribution is 2.29. The Bertz CT molecular complexity index is 860. The number of nitrogens with one attached hydrogen (secondary N) is 3. The van der Waals surface area contributed by atoms with Gasteiger partial charge in [-0.2, -0.15) is 0 Å². The molecule has 1 amide bonds. The molecule has 1 heterocycles. The Morgan fingerprint density at radius 2 is 1.92 bits per heavy atom. The number of amides is 1. The lowest BCUT2D eigenvalue weighted by molar-refractivity contribution is -0.119. The van der Waals surface area contributed by atoms with Gasteiger partial charge in [0.25, 0.3) is 0 Å². The van der Waals surface area contributed by atoms with Gasteiger partial charge in [0.05, 0.1) is 22.3 Å². The summed E-state index contributed by atoms with van der Waals surface area (Å²) in [4.78, 5) is 15.2. The minimum Gasteiger partial charge on any atom is -0.375 e. The minimum atomic E-state index is -0.0918. The van der Waals surface area contributed by atoms with E-state index in [1.165, 1.54) is 10.9 Å². The molecule has 0 atom stereocenters. The van der Waals surface area contributed by atoms with E-state index in [-0.39, 0.29) is 12.5 Å². The summed E-state index contributed by atoms with van der Waals surface area (Å²) in [5.74, 6) is -0.0918. The number of rotatable bonds is 6. The van der Waals surface area contributed by atoms with Gasteiger partial charge >= 0.3 is 0 Å². The van der Waals surface area contributed by atoms with Crippen molar-refractivity contribution in [3.63, 3.8) is 0 Å². The molecule has 0 unspecified atom stereocenters. The summed E-state index contributed by atoms with van der Waals surface area (Å²) >= 11 is 12.0. The largest absolute Gasteiger partial charge is 0.375 e. The van der Waals surface area contributed by atoms with Crippen LogP contribution in [0.3, 0.4) is 0 Å². The van der Waals surface area contributed by atoms with E-state index in [1.807, 2.05) is 24.4 Å². The lowest BCUT2D eigenvalue weighted by Gasteiger charge is -2.09. The van der Waals surface area contributed by atoms with E-state index in [4.69, 9.17) is 23.2 Å². The number of H-pyrrole nitrogens is 1. The molecular weight excluding hydrogens is 345 g/mol. The first-order chi connectivity index (χ1) is 11.6. The third-order valence-electron chi connectivity index (χ3n) is 3.78. The van der Waals surface area contributed by atoms with E-state index in [0.717, 1.165) is 11.9 Å². The molecule has 0 saturated heterocycles. The normalized spacial score (nSPS) is 10.8. The van der Waals surface area contributed by atoms with Crippen LogP contribution in [0.2, 0.25) is 10.0 Å². The maximum Gasteiger partial charge on any atom is 0.239 e. The molecule has 1 aromatic heterocycles. The Labute approximate surface area is 150 Å². The van der Waals surface area contributed by atoms with Gasteiger partial charge in [0.15, 0.2) is 0 Å². The second kappa shape index (κ2) is 7.60. The van der Waals surface area contributed by atoms with Crippen molar-refractivity contribution in [1.29, 1.82) is 0 Å². The van der Waals surface area contributed by atoms with Crippen molar-refractivity contribution in [2.45, 2.75) is 6.42 Å². The molecule has 6 heteroatoms. The number of halogens is 2. The lowest BCUT2D eigenvalue weighted by Crippen LogP contribution is -2.31. The van der Waals surface area contributed by atoms with Gasteiger partial charge in [-0.05, 0) is 30.2 Å². The number of carbonyl (C=O) groups excluding carboxylic acids is 1. The second-order valence-electron chi connectivity index (χ2n) is 5.41. The number of anilines is 1. The summed E-state index contributed by atoms with van der Waals surface area (Å²) < 4.78 is 0. The molecule has 0 aliphatic heterocycles. The predicted molar refractivity (Wildman–Crippen MR) is 100.0 cm³/mol. The van der Waals surface area contributed by atoms with Gasteiger partial charge in [0.2, 0.25) is 5.91 Å². The monoisotopic (exact) mass is 361 g/mol. The average molecular weight is 362 g/mol. The van der Waals surface area contributed by atoms with E-state index >= 15 is 0 Å². The van der Waals surface area contributed by atoms with Gasteiger partial charge in [-0.25, -0.2) is 0 Å². The molecule has 2 aromatic carbocycles. The van der Waals surface area contributed by atoms with E-state index < -0.39 is 0 Å². The molecule has 24 heavy (non-hydrogen) atoms. The Hall–Kier alpha value is -2.17. The molecule has 0 radical (unpaired) electrons. The summed E-state index contributed by atoms with van der Waals surface area (Å²) in [7, 11) is 0. The first-order valence-corrected chi connectivity index (χ1v) is 8.40. The Balaban J connectivity index is 1.48. The quantitative estimate of drug-likeness (QED) is 0.614. The van der Waals surface area contributed by atoms with E-state index in [2.05, 4.69) is 21.7 Å². The van der Waals surface area contributed by atoms with Gasteiger partial charge in [0.1, 0.15) is 0 Å². The van der Waals surface area contributed by atoms with Gasteiger partial charge in [0, 0.05) is 23.6 Å². The van der Waals surface area contributed by atoms with Crippen LogP contribution >= 0.6 is 23.2 Å². The van der Waals surface area contributed by atoms with Crippen LogP contribution < -0.4 is 10.6 Å². The van der Waals surface area contributed by atoms with Gasteiger partial charge in [-0.1, -0.05) is 47.5 Å². The van der Waals surface area contributed by atoms with Crippen LogP contribution in [-0.2, 0) is 11.2 Å². The van der Waals surface area contributed by atoms with Crippen LogP contribution in [0, 0.1) is 0 Å². The van der Waals surface area contributed by atoms with E-state index in [1.54, 1.807) is 18.2 Å². The number of benzene rings is 2. The summed E-state index contributed by atoms with van der Waals surface area (Å²) in [5, 5.41) is 7.96. The number of para-hydroxylation sites is 1. The number of aromatic amines is 1. The van der Waals surface area contributed by atoms with Crippen molar-refractivity contribution in [3.05, 3.63) is 64.3 Å². The van der Waals surface area contributed by atoms with Crippen LogP contribution in [0.4, 0.5) is 5.69 Å². The zero-order valence-corrected chi connectivity index (χ0v) is 14.4. The topological polar surface area (TPSA) is 56.9 Å². The fourth-order valence-corrected chi connectivity index (χ4v) is 2.92. The number of fused-ring (bicyclic) bond motifs is 1. The van der Waals surface area contributed by atoms with E-state index in [0.29, 0.717) is 22.3 Å². The molecule has 0 fully saturated rings.